The fraction of sp³-hybridized carbons (Fsp3) is 0.367. The molecule has 0 amide bonds. The summed E-state index contributed by atoms with van der Waals surface area (Å²) in [5.41, 5.74) is 2.75. The lowest BCUT2D eigenvalue weighted by atomic mass is 9.86. The molecule has 1 heterocycles. The molecule has 202 valence electrons. The molecule has 3 aromatic rings. The zero-order valence-corrected chi connectivity index (χ0v) is 23.5. The number of benzene rings is 3. The van der Waals surface area contributed by atoms with Crippen LogP contribution < -0.4 is 0 Å². The molecule has 38 heavy (non-hydrogen) atoms. The first-order valence-electron chi connectivity index (χ1n) is 13.0. The first-order valence-corrected chi connectivity index (χ1v) is 14.8. The fourth-order valence-electron chi connectivity index (χ4n) is 5.26. The van der Waals surface area contributed by atoms with Crippen LogP contribution in [0.3, 0.4) is 0 Å². The van der Waals surface area contributed by atoms with Crippen LogP contribution in [0.2, 0.25) is 5.02 Å². The lowest BCUT2D eigenvalue weighted by Crippen LogP contribution is -2.36. The minimum atomic E-state index is -3.60. The Kier molecular flexibility index (Phi) is 9.60. The minimum Gasteiger partial charge on any atom is -0.465 e. The predicted molar refractivity (Wildman–Crippen MR) is 151 cm³/mol. The van der Waals surface area contributed by atoms with Gasteiger partial charge in [-0.3, -0.25) is 0 Å². The van der Waals surface area contributed by atoms with Crippen molar-refractivity contribution in [2.75, 3.05) is 40.3 Å². The monoisotopic (exact) mass is 554 g/mol. The molecule has 0 radical (unpaired) electrons. The molecule has 3 aromatic carbocycles. The SMILES string of the molecule is COC(=O)c1ccccc1C1CCN(CCC(CN(C)S(=O)(=O)c2ccccc2)c2cccc(Cl)c2)CC1. The second-order valence-electron chi connectivity index (χ2n) is 9.83. The molecule has 1 atom stereocenters. The maximum absolute atomic E-state index is 13.2. The normalized spacial score (nSPS) is 15.9. The van der Waals surface area contributed by atoms with Gasteiger partial charge in [-0.25, -0.2) is 17.5 Å². The molecular weight excluding hydrogens is 520 g/mol. The van der Waals surface area contributed by atoms with E-state index in [-0.39, 0.29) is 11.9 Å². The maximum atomic E-state index is 13.2. The standard InChI is InChI=1S/C30H35ClN2O4S/c1-32(38(35,36)27-11-4-3-5-12-27)22-25(24-9-8-10-26(31)21-24)17-20-33-18-15-23(16-19-33)28-13-6-7-14-29(28)30(34)37-2/h3-14,21,23,25H,15-20,22H2,1-2H3. The van der Waals surface area contributed by atoms with E-state index in [1.807, 2.05) is 54.6 Å². The van der Waals surface area contributed by atoms with Gasteiger partial charge in [0.05, 0.1) is 17.6 Å². The van der Waals surface area contributed by atoms with Crippen molar-refractivity contribution in [1.29, 1.82) is 0 Å². The maximum Gasteiger partial charge on any atom is 0.338 e. The summed E-state index contributed by atoms with van der Waals surface area (Å²) < 4.78 is 32.8. The van der Waals surface area contributed by atoms with Crippen LogP contribution in [0.25, 0.3) is 0 Å². The highest BCUT2D eigenvalue weighted by molar-refractivity contribution is 7.89. The Labute approximate surface area is 231 Å². The molecule has 4 rings (SSSR count). The van der Waals surface area contributed by atoms with Gasteiger partial charge in [-0.2, -0.15) is 0 Å². The zero-order valence-electron chi connectivity index (χ0n) is 21.9. The zero-order chi connectivity index (χ0) is 27.1. The van der Waals surface area contributed by atoms with Gasteiger partial charge in [-0.1, -0.05) is 60.1 Å². The fourth-order valence-corrected chi connectivity index (χ4v) is 6.70. The van der Waals surface area contributed by atoms with Crippen molar-refractivity contribution in [3.63, 3.8) is 0 Å². The Bertz CT molecular complexity index is 1320. The molecule has 0 aliphatic carbocycles. The van der Waals surface area contributed by atoms with Crippen LogP contribution in [-0.2, 0) is 14.8 Å². The van der Waals surface area contributed by atoms with Gasteiger partial charge in [0, 0.05) is 18.6 Å². The summed E-state index contributed by atoms with van der Waals surface area (Å²) >= 11 is 6.30. The average Bonchev–Trinajstić information content (AvgIpc) is 2.95. The molecule has 1 aliphatic rings. The lowest BCUT2D eigenvalue weighted by Gasteiger charge is -2.34. The van der Waals surface area contributed by atoms with Gasteiger partial charge < -0.3 is 9.64 Å². The van der Waals surface area contributed by atoms with E-state index in [1.165, 1.54) is 11.4 Å². The first kappa shape index (κ1) is 28.3. The number of sulfonamides is 1. The summed E-state index contributed by atoms with van der Waals surface area (Å²) in [7, 11) is -0.537. The minimum absolute atomic E-state index is 0.00467. The summed E-state index contributed by atoms with van der Waals surface area (Å²) in [5, 5.41) is 0.645. The van der Waals surface area contributed by atoms with Crippen molar-refractivity contribution in [3.8, 4) is 0 Å². The van der Waals surface area contributed by atoms with Crippen molar-refractivity contribution in [1.82, 2.24) is 9.21 Å². The largest absolute Gasteiger partial charge is 0.465 e. The number of likely N-dealkylation sites (N-methyl/N-ethyl adjacent to an activating group) is 1. The lowest BCUT2D eigenvalue weighted by molar-refractivity contribution is 0.0598. The third kappa shape index (κ3) is 6.83. The number of halogens is 1. The van der Waals surface area contributed by atoms with Gasteiger partial charge in [0.2, 0.25) is 10.0 Å². The van der Waals surface area contributed by atoms with E-state index < -0.39 is 10.0 Å². The third-order valence-electron chi connectivity index (χ3n) is 7.44. The molecule has 1 aliphatic heterocycles. The van der Waals surface area contributed by atoms with E-state index >= 15 is 0 Å². The van der Waals surface area contributed by atoms with Crippen LogP contribution in [0.5, 0.6) is 0 Å². The Balaban J connectivity index is 1.42. The molecular formula is C30H35ClN2O4S. The summed E-state index contributed by atoms with van der Waals surface area (Å²) in [6.07, 6.45) is 2.72. The first-order chi connectivity index (χ1) is 18.3. The number of esters is 1. The molecule has 0 N–H and O–H groups in total. The second kappa shape index (κ2) is 12.9. The van der Waals surface area contributed by atoms with Crippen LogP contribution in [-0.4, -0.2) is 63.9 Å². The van der Waals surface area contributed by atoms with Crippen molar-refractivity contribution < 1.29 is 17.9 Å². The van der Waals surface area contributed by atoms with Gasteiger partial charge in [0.15, 0.2) is 0 Å². The molecule has 0 spiro atoms. The smallest absolute Gasteiger partial charge is 0.338 e. The van der Waals surface area contributed by atoms with E-state index in [9.17, 15) is 13.2 Å². The van der Waals surface area contributed by atoms with Crippen molar-refractivity contribution in [2.45, 2.75) is 36.0 Å². The van der Waals surface area contributed by atoms with Crippen LogP contribution in [0.15, 0.2) is 83.8 Å². The highest BCUT2D eigenvalue weighted by atomic mass is 35.5. The Hall–Kier alpha value is -2.71. The number of carbonyl (C=O) groups excluding carboxylic acids is 1. The van der Waals surface area contributed by atoms with Crippen molar-refractivity contribution in [2.24, 2.45) is 0 Å². The van der Waals surface area contributed by atoms with E-state index in [0.29, 0.717) is 27.9 Å². The number of nitrogens with zero attached hydrogens (tertiary/aromatic N) is 2. The van der Waals surface area contributed by atoms with Crippen molar-refractivity contribution >= 4 is 27.6 Å². The van der Waals surface area contributed by atoms with Crippen LogP contribution >= 0.6 is 11.6 Å². The molecule has 8 heteroatoms. The van der Waals surface area contributed by atoms with E-state index in [0.717, 1.165) is 50.0 Å². The van der Waals surface area contributed by atoms with Gasteiger partial charge in [-0.05, 0) is 92.2 Å². The predicted octanol–water partition coefficient (Wildman–Crippen LogP) is 5.80. The summed E-state index contributed by atoms with van der Waals surface area (Å²) in [6.45, 7) is 3.05. The summed E-state index contributed by atoms with van der Waals surface area (Å²) in [5.74, 6) is 0.0179. The number of carbonyl (C=O) groups is 1. The number of hydrogen-bond donors (Lipinski definition) is 0. The second-order valence-corrected chi connectivity index (χ2v) is 12.3. The molecule has 1 fully saturated rings. The highest BCUT2D eigenvalue weighted by Crippen LogP contribution is 2.32. The average molecular weight is 555 g/mol. The number of hydrogen-bond acceptors (Lipinski definition) is 5. The molecule has 6 nitrogen and oxygen atoms in total. The Morgan fingerprint density at radius 1 is 1.03 bits per heavy atom. The molecule has 0 bridgehead atoms. The Morgan fingerprint density at radius 3 is 2.39 bits per heavy atom. The number of methoxy groups -OCH3 is 1. The molecule has 1 saturated heterocycles. The molecule has 0 saturated carbocycles. The number of rotatable bonds is 10. The van der Waals surface area contributed by atoms with Crippen molar-refractivity contribution in [3.05, 3.63) is 101 Å². The topological polar surface area (TPSA) is 66.9 Å². The number of piperidine rings is 1. The molecule has 1 unspecified atom stereocenters. The highest BCUT2D eigenvalue weighted by Gasteiger charge is 2.27. The van der Waals surface area contributed by atoms with E-state index in [4.69, 9.17) is 16.3 Å². The van der Waals surface area contributed by atoms with E-state index in [2.05, 4.69) is 4.90 Å². The third-order valence-corrected chi connectivity index (χ3v) is 9.51. The van der Waals surface area contributed by atoms with Gasteiger partial charge in [0.1, 0.15) is 0 Å². The number of likely N-dealkylation sites (tertiary alicyclic amines) is 1. The summed E-state index contributed by atoms with van der Waals surface area (Å²) in [6, 6.07) is 24.0. The van der Waals surface area contributed by atoms with Gasteiger partial charge in [0.25, 0.3) is 0 Å². The molecule has 0 aromatic heterocycles. The van der Waals surface area contributed by atoms with Crippen LogP contribution in [0, 0.1) is 0 Å². The van der Waals surface area contributed by atoms with Crippen LogP contribution in [0.1, 0.15) is 52.6 Å². The summed E-state index contributed by atoms with van der Waals surface area (Å²) in [4.78, 5) is 15.0. The number of ether oxygens (including phenoxy) is 1. The van der Waals surface area contributed by atoms with Gasteiger partial charge in [-0.15, -0.1) is 0 Å². The quantitative estimate of drug-likeness (QED) is 0.296. The van der Waals surface area contributed by atoms with Crippen LogP contribution in [0.4, 0.5) is 0 Å². The Morgan fingerprint density at radius 2 is 1.71 bits per heavy atom. The van der Waals surface area contributed by atoms with Gasteiger partial charge >= 0.3 is 5.97 Å². The van der Waals surface area contributed by atoms with E-state index in [1.54, 1.807) is 31.3 Å².